The Morgan fingerprint density at radius 3 is 2.06 bits per heavy atom. The van der Waals surface area contributed by atoms with Crippen LogP contribution in [-0.4, -0.2) is 46.3 Å². The second-order valence-electron chi connectivity index (χ2n) is 8.42. The van der Waals surface area contributed by atoms with E-state index in [9.17, 15) is 14.1 Å². The lowest BCUT2D eigenvalue weighted by atomic mass is 9.89. The Hall–Kier alpha value is -1.98. The third-order valence-corrected chi connectivity index (χ3v) is 6.30. The lowest BCUT2D eigenvalue weighted by Gasteiger charge is -2.24. The van der Waals surface area contributed by atoms with Crippen molar-refractivity contribution in [1.82, 2.24) is 4.72 Å². The summed E-state index contributed by atoms with van der Waals surface area (Å²) in [7, 11) is -1.75. The van der Waals surface area contributed by atoms with E-state index in [0.717, 1.165) is 11.1 Å². The van der Waals surface area contributed by atoms with Crippen molar-refractivity contribution in [3.05, 3.63) is 40.5 Å². The van der Waals surface area contributed by atoms with Crippen molar-refractivity contribution in [1.29, 1.82) is 0 Å². The van der Waals surface area contributed by atoms with E-state index in [-0.39, 0.29) is 30.6 Å². The van der Waals surface area contributed by atoms with Gasteiger partial charge in [-0.2, -0.15) is 0 Å². The summed E-state index contributed by atoms with van der Waals surface area (Å²) in [5, 5.41) is 18.7. The lowest BCUT2D eigenvalue weighted by molar-refractivity contribution is -0.144. The molecule has 1 aromatic rings. The molecule has 32 heavy (non-hydrogen) atoms. The maximum absolute atomic E-state index is 13.7. The number of hydrogen-bond acceptors (Lipinski definition) is 5. The molecule has 0 aliphatic heterocycles. The largest absolute Gasteiger partial charge is 0.465 e. The van der Waals surface area contributed by atoms with Gasteiger partial charge in [-0.1, -0.05) is 65.5 Å². The van der Waals surface area contributed by atoms with Crippen LogP contribution in [0.5, 0.6) is 0 Å². The van der Waals surface area contributed by atoms with Crippen LogP contribution in [0.2, 0.25) is 0 Å². The van der Waals surface area contributed by atoms with Gasteiger partial charge in [-0.15, -0.1) is 0 Å². The summed E-state index contributed by atoms with van der Waals surface area (Å²) in [6, 6.07) is 3.04. The topological polar surface area (TPSA) is 95.9 Å². The van der Waals surface area contributed by atoms with Crippen molar-refractivity contribution in [3.63, 3.8) is 0 Å². The van der Waals surface area contributed by atoms with E-state index in [1.54, 1.807) is 6.92 Å². The number of nitrogens with one attached hydrogen (secondary N) is 1. The Morgan fingerprint density at radius 2 is 1.66 bits per heavy atom. The zero-order chi connectivity index (χ0) is 24.4. The standard InChI is InChI=1S/C25H37NO5S/c1-8-31-25(29)23(19(15-28)11-9-10-12-27)26-32(30)24-21(17(4)5)13-20(16(2)3)14-22(24)18(6)7/h11,13-14,16-18,23,26-28H,8,12,15H2,1-7H3/b19-11+/t23-,32-/m0/s1. The molecule has 6 nitrogen and oxygen atoms in total. The van der Waals surface area contributed by atoms with Gasteiger partial charge in [0.15, 0.2) is 0 Å². The van der Waals surface area contributed by atoms with Gasteiger partial charge in [0.1, 0.15) is 23.6 Å². The fraction of sp³-hybridized carbons (Fsp3) is 0.560. The first-order valence-corrected chi connectivity index (χ1v) is 12.1. The van der Waals surface area contributed by atoms with E-state index in [1.807, 2.05) is 0 Å². The molecule has 0 saturated carbocycles. The minimum atomic E-state index is -1.75. The maximum atomic E-state index is 13.7. The molecule has 0 fully saturated rings. The first kappa shape index (κ1) is 28.1. The molecule has 3 N–H and O–H groups in total. The average Bonchev–Trinajstić information content (AvgIpc) is 2.74. The van der Waals surface area contributed by atoms with Gasteiger partial charge in [0.05, 0.1) is 18.1 Å². The third kappa shape index (κ3) is 7.56. The third-order valence-electron chi connectivity index (χ3n) is 5.00. The van der Waals surface area contributed by atoms with Crippen LogP contribution in [-0.2, 0) is 20.5 Å². The monoisotopic (exact) mass is 463 g/mol. The molecule has 1 aromatic carbocycles. The van der Waals surface area contributed by atoms with Gasteiger partial charge >= 0.3 is 5.97 Å². The Balaban J connectivity index is 3.58. The lowest BCUT2D eigenvalue weighted by Crippen LogP contribution is -2.42. The SMILES string of the molecule is CCOC(=O)[C@@H](N[S@@](=O)c1c(C(C)C)cc(C(C)C)cc1C(C)C)/C(=C/C#CCO)CO. The smallest absolute Gasteiger partial charge is 0.328 e. The second-order valence-corrected chi connectivity index (χ2v) is 9.60. The maximum Gasteiger partial charge on any atom is 0.328 e. The number of esters is 1. The summed E-state index contributed by atoms with van der Waals surface area (Å²) in [4.78, 5) is 13.3. The first-order valence-electron chi connectivity index (χ1n) is 11.0. The van der Waals surface area contributed by atoms with Gasteiger partial charge in [0.2, 0.25) is 0 Å². The van der Waals surface area contributed by atoms with Crippen molar-refractivity contribution < 1.29 is 24.0 Å². The van der Waals surface area contributed by atoms with Crippen LogP contribution in [0.15, 0.2) is 28.7 Å². The minimum absolute atomic E-state index is 0.122. The molecule has 0 aromatic heterocycles. The molecule has 0 amide bonds. The van der Waals surface area contributed by atoms with Crippen LogP contribution in [0.1, 0.15) is 82.9 Å². The van der Waals surface area contributed by atoms with Crippen molar-refractivity contribution in [2.75, 3.05) is 19.8 Å². The van der Waals surface area contributed by atoms with Crippen LogP contribution in [0.3, 0.4) is 0 Å². The molecule has 0 aliphatic rings. The van der Waals surface area contributed by atoms with Crippen molar-refractivity contribution >= 4 is 17.0 Å². The molecule has 0 aliphatic carbocycles. The van der Waals surface area contributed by atoms with Gasteiger partial charge in [0, 0.05) is 0 Å². The Morgan fingerprint density at radius 1 is 1.09 bits per heavy atom. The quantitative estimate of drug-likeness (QED) is 0.365. The molecular weight excluding hydrogens is 426 g/mol. The van der Waals surface area contributed by atoms with Crippen molar-refractivity contribution in [3.8, 4) is 11.8 Å². The highest BCUT2D eigenvalue weighted by molar-refractivity contribution is 7.83. The molecule has 0 unspecified atom stereocenters. The number of aliphatic hydroxyl groups excluding tert-OH is 2. The normalized spacial score (nSPS) is 13.8. The molecule has 0 heterocycles. The summed E-state index contributed by atoms with van der Waals surface area (Å²) in [5.74, 6) is 4.95. The highest BCUT2D eigenvalue weighted by Gasteiger charge is 2.29. The summed E-state index contributed by atoms with van der Waals surface area (Å²) in [6.45, 7) is 13.5. The number of benzene rings is 1. The predicted octanol–water partition coefficient (Wildman–Crippen LogP) is 3.52. The second kappa shape index (κ2) is 13.5. The van der Waals surface area contributed by atoms with Crippen LogP contribution in [0.4, 0.5) is 0 Å². The van der Waals surface area contributed by atoms with Crippen LogP contribution in [0, 0.1) is 11.8 Å². The van der Waals surface area contributed by atoms with Crippen molar-refractivity contribution in [2.45, 2.75) is 77.2 Å². The van der Waals surface area contributed by atoms with E-state index >= 15 is 0 Å². The Kier molecular flexibility index (Phi) is 11.9. The van der Waals surface area contributed by atoms with Gasteiger partial charge in [0.25, 0.3) is 0 Å². The fourth-order valence-corrected chi connectivity index (χ4v) is 4.78. The van der Waals surface area contributed by atoms with Crippen LogP contribution < -0.4 is 4.72 Å². The number of carbonyl (C=O) groups excluding carboxylic acids is 1. The van der Waals surface area contributed by atoms with Gasteiger partial charge in [-0.25, -0.2) is 13.7 Å². The molecule has 1 rings (SSSR count). The van der Waals surface area contributed by atoms with E-state index in [2.05, 4.69) is 70.2 Å². The number of hydrogen-bond donors (Lipinski definition) is 3. The first-order chi connectivity index (χ1) is 15.1. The van der Waals surface area contributed by atoms with Gasteiger partial charge < -0.3 is 14.9 Å². The van der Waals surface area contributed by atoms with E-state index in [1.165, 1.54) is 11.6 Å². The Labute approximate surface area is 195 Å². The van der Waals surface area contributed by atoms with Crippen LogP contribution in [0.25, 0.3) is 0 Å². The predicted molar refractivity (Wildman–Crippen MR) is 129 cm³/mol. The summed E-state index contributed by atoms with van der Waals surface area (Å²) >= 11 is 0. The molecule has 2 atom stereocenters. The molecule has 0 bridgehead atoms. The number of allylic oxidation sites excluding steroid dienone is 1. The van der Waals surface area contributed by atoms with E-state index in [0.29, 0.717) is 10.8 Å². The summed E-state index contributed by atoms with van der Waals surface area (Å²) in [6.07, 6.45) is 1.34. The molecule has 0 saturated heterocycles. The highest BCUT2D eigenvalue weighted by Crippen LogP contribution is 2.34. The zero-order valence-electron chi connectivity index (χ0n) is 20.2. The average molecular weight is 464 g/mol. The summed E-state index contributed by atoms with van der Waals surface area (Å²) in [5.41, 5.74) is 3.31. The fourth-order valence-electron chi connectivity index (χ4n) is 3.18. The molecule has 0 spiro atoms. The molecule has 178 valence electrons. The number of carbonyl (C=O) groups is 1. The summed E-state index contributed by atoms with van der Waals surface area (Å²) < 4.78 is 21.7. The number of aliphatic hydroxyl groups is 2. The molecule has 7 heteroatoms. The van der Waals surface area contributed by atoms with Gasteiger partial charge in [-0.3, -0.25) is 0 Å². The van der Waals surface area contributed by atoms with Crippen molar-refractivity contribution in [2.24, 2.45) is 0 Å². The number of rotatable bonds is 10. The van der Waals surface area contributed by atoms with E-state index < -0.39 is 29.6 Å². The van der Waals surface area contributed by atoms with E-state index in [4.69, 9.17) is 9.84 Å². The van der Waals surface area contributed by atoms with Crippen LogP contribution >= 0.6 is 0 Å². The molecule has 0 radical (unpaired) electrons. The Bertz CT molecular complexity index is 864. The molecular formula is C25H37NO5S. The zero-order valence-corrected chi connectivity index (χ0v) is 21.0. The minimum Gasteiger partial charge on any atom is -0.465 e. The van der Waals surface area contributed by atoms with Gasteiger partial charge in [-0.05, 0) is 53.0 Å². The number of ether oxygens (including phenoxy) is 1. The highest BCUT2D eigenvalue weighted by atomic mass is 32.2.